The second-order valence-corrected chi connectivity index (χ2v) is 16.4. The van der Waals surface area contributed by atoms with Crippen LogP contribution in [0, 0.1) is 17.2 Å². The number of amides is 1. The summed E-state index contributed by atoms with van der Waals surface area (Å²) < 4.78 is 20.8. The quantitative estimate of drug-likeness (QED) is 0.268. The summed E-state index contributed by atoms with van der Waals surface area (Å²) in [4.78, 5) is 26.3. The van der Waals surface area contributed by atoms with Crippen LogP contribution in [0.15, 0.2) is 42.7 Å². The number of carbonyl (C=O) groups excluding carboxylic acids is 1. The van der Waals surface area contributed by atoms with Crippen LogP contribution < -0.4 is 10.2 Å². The molecule has 4 aliphatic rings. The first kappa shape index (κ1) is 28.1. The van der Waals surface area contributed by atoms with Gasteiger partial charge >= 0.3 is 0 Å². The molecular weight excluding hydrogens is 590 g/mol. The van der Waals surface area contributed by atoms with Gasteiger partial charge in [0, 0.05) is 48.6 Å². The first-order valence-corrected chi connectivity index (χ1v) is 17.6. The maximum absolute atomic E-state index is 13.5. The van der Waals surface area contributed by atoms with Gasteiger partial charge in [-0.2, -0.15) is 15.9 Å². The Hall–Kier alpha value is -2.68. The molecule has 3 aromatic rings. The van der Waals surface area contributed by atoms with E-state index in [1.165, 1.54) is 0 Å². The Morgan fingerprint density at radius 3 is 2.57 bits per heavy atom. The molecule has 7 rings (SSSR count). The lowest BCUT2D eigenvalue weighted by Gasteiger charge is -2.49. The van der Waals surface area contributed by atoms with E-state index in [1.807, 2.05) is 6.07 Å². The van der Waals surface area contributed by atoms with Crippen molar-refractivity contribution in [3.8, 4) is 27.1 Å². The van der Waals surface area contributed by atoms with Gasteiger partial charge in [0.1, 0.15) is 10.5 Å². The lowest BCUT2D eigenvalue weighted by Crippen LogP contribution is -2.46. The summed E-state index contributed by atoms with van der Waals surface area (Å²) >= 11 is 7.88. The van der Waals surface area contributed by atoms with Gasteiger partial charge in [-0.05, 0) is 62.3 Å². The van der Waals surface area contributed by atoms with Crippen LogP contribution in [0.4, 0.5) is 5.69 Å². The number of halogens is 1. The van der Waals surface area contributed by atoms with E-state index in [1.54, 1.807) is 23.7 Å². The number of nitrogens with one attached hydrogen (secondary N) is 1. The summed E-state index contributed by atoms with van der Waals surface area (Å²) in [6.45, 7) is 1.31. The van der Waals surface area contributed by atoms with Crippen molar-refractivity contribution in [2.45, 2.75) is 67.6 Å². The molecule has 3 heterocycles. The zero-order chi connectivity index (χ0) is 29.1. The van der Waals surface area contributed by atoms with Crippen LogP contribution in [-0.4, -0.2) is 54.1 Å². The van der Waals surface area contributed by atoms with Crippen molar-refractivity contribution in [1.82, 2.24) is 15.3 Å². The van der Waals surface area contributed by atoms with E-state index in [9.17, 15) is 19.2 Å². The summed E-state index contributed by atoms with van der Waals surface area (Å²) in [6, 6.07) is 12.6. The number of pyridine rings is 1. The first-order chi connectivity index (χ1) is 20.2. The van der Waals surface area contributed by atoms with Crippen LogP contribution in [0.2, 0.25) is 5.02 Å². The van der Waals surface area contributed by atoms with E-state index in [4.69, 9.17) is 16.6 Å². The standard InChI is InChI=1S/C31H34ClN5O3S2/c32-22-15-21(16-34-17-22)29-35-26(24-3-1-2-4-25(24)28(38)36-30(18-33)9-10-30)27(41-29)20-5-7-23(8-6-20)37-13-14-42(39,40)31(19-37)11-12-31/h5-8,15-17,24-25,39-40H,1-4,9-14,19H2,(H,36,38)/t24-,25-/m1/s1. The molecule has 0 unspecified atom stereocenters. The fraction of sp³-hybridized carbons (Fsp3) is 0.484. The molecule has 0 bridgehead atoms. The fourth-order valence-electron chi connectivity index (χ4n) is 6.59. The molecule has 1 amide bonds. The predicted molar refractivity (Wildman–Crippen MR) is 168 cm³/mol. The highest BCUT2D eigenvalue weighted by molar-refractivity contribution is 8.25. The first-order valence-electron chi connectivity index (χ1n) is 14.7. The molecule has 42 heavy (non-hydrogen) atoms. The van der Waals surface area contributed by atoms with Crippen LogP contribution in [0.5, 0.6) is 0 Å². The third kappa shape index (κ3) is 5.09. The highest BCUT2D eigenvalue weighted by Gasteiger charge is 2.56. The monoisotopic (exact) mass is 623 g/mol. The van der Waals surface area contributed by atoms with Gasteiger partial charge in [0.2, 0.25) is 5.91 Å². The van der Waals surface area contributed by atoms with E-state index in [0.717, 1.165) is 70.9 Å². The summed E-state index contributed by atoms with van der Waals surface area (Å²) in [5.41, 5.74) is 3.19. The largest absolute Gasteiger partial charge is 0.368 e. The zero-order valence-corrected chi connectivity index (χ0v) is 25.6. The van der Waals surface area contributed by atoms with Gasteiger partial charge in [0.05, 0.1) is 32.2 Å². The average molecular weight is 624 g/mol. The smallest absolute Gasteiger partial charge is 0.225 e. The minimum absolute atomic E-state index is 0.0379. The number of hydrogen-bond donors (Lipinski definition) is 3. The SMILES string of the molecule is N#CC1(NC(=O)[C@@H]2CCCC[C@H]2c2nc(-c3cncc(Cl)c3)sc2-c2ccc(N3CCS(O)(O)C4(CC4)C3)cc2)CC1. The van der Waals surface area contributed by atoms with Crippen molar-refractivity contribution < 1.29 is 13.9 Å². The van der Waals surface area contributed by atoms with E-state index in [-0.39, 0.29) is 22.5 Å². The number of benzene rings is 1. The molecule has 1 spiro atoms. The summed E-state index contributed by atoms with van der Waals surface area (Å²) in [5.74, 6) is 0.0900. The lowest BCUT2D eigenvalue weighted by atomic mass is 9.76. The molecule has 3 saturated carbocycles. The third-order valence-electron chi connectivity index (χ3n) is 9.51. The molecule has 11 heteroatoms. The summed E-state index contributed by atoms with van der Waals surface area (Å²) in [6.07, 6.45) is 10.2. The molecule has 3 N–H and O–H groups in total. The Kier molecular flexibility index (Phi) is 7.02. The van der Waals surface area contributed by atoms with Gasteiger partial charge in [-0.3, -0.25) is 18.9 Å². The highest BCUT2D eigenvalue weighted by Crippen LogP contribution is 2.67. The molecule has 4 fully saturated rings. The molecular formula is C31H34ClN5O3S2. The van der Waals surface area contributed by atoms with Crippen molar-refractivity contribution in [2.24, 2.45) is 5.92 Å². The topological polar surface area (TPSA) is 122 Å². The zero-order valence-electron chi connectivity index (χ0n) is 23.3. The molecule has 1 aromatic carbocycles. The second-order valence-electron chi connectivity index (χ2n) is 12.3. The molecule has 2 atom stereocenters. The van der Waals surface area contributed by atoms with E-state index in [0.29, 0.717) is 36.7 Å². The number of nitriles is 1. The van der Waals surface area contributed by atoms with Gasteiger partial charge in [0.15, 0.2) is 0 Å². The number of carbonyl (C=O) groups is 1. The highest BCUT2D eigenvalue weighted by atomic mass is 35.5. The van der Waals surface area contributed by atoms with Crippen molar-refractivity contribution >= 4 is 45.1 Å². The fourth-order valence-corrected chi connectivity index (χ4v) is 9.91. The van der Waals surface area contributed by atoms with Gasteiger partial charge in [-0.1, -0.05) is 36.6 Å². The van der Waals surface area contributed by atoms with E-state index < -0.39 is 16.1 Å². The maximum atomic E-state index is 13.5. The Bertz CT molecular complexity index is 1560. The summed E-state index contributed by atoms with van der Waals surface area (Å²) in [5, 5.41) is 14.0. The lowest BCUT2D eigenvalue weighted by molar-refractivity contribution is -0.127. The van der Waals surface area contributed by atoms with Gasteiger partial charge < -0.3 is 10.2 Å². The van der Waals surface area contributed by atoms with Gasteiger partial charge in [-0.25, -0.2) is 4.98 Å². The van der Waals surface area contributed by atoms with Crippen LogP contribution in [-0.2, 0) is 4.79 Å². The number of rotatable bonds is 6. The molecule has 2 aromatic heterocycles. The maximum Gasteiger partial charge on any atom is 0.225 e. The Balaban J connectivity index is 1.22. The molecule has 1 aliphatic heterocycles. The summed E-state index contributed by atoms with van der Waals surface area (Å²) in [7, 11) is -2.52. The van der Waals surface area contributed by atoms with Crippen molar-refractivity contribution in [3.05, 3.63) is 53.4 Å². The van der Waals surface area contributed by atoms with Gasteiger partial charge in [0.25, 0.3) is 0 Å². The second kappa shape index (κ2) is 10.5. The number of nitrogens with zero attached hydrogens (tertiary/aromatic N) is 4. The predicted octanol–water partition coefficient (Wildman–Crippen LogP) is 7.07. The molecule has 3 aliphatic carbocycles. The van der Waals surface area contributed by atoms with Crippen molar-refractivity contribution in [3.63, 3.8) is 0 Å². The van der Waals surface area contributed by atoms with Crippen LogP contribution in [0.3, 0.4) is 0 Å². The van der Waals surface area contributed by atoms with Crippen LogP contribution in [0.25, 0.3) is 21.0 Å². The van der Waals surface area contributed by atoms with Crippen molar-refractivity contribution in [1.29, 1.82) is 5.26 Å². The third-order valence-corrected chi connectivity index (χ3v) is 13.6. The Morgan fingerprint density at radius 2 is 1.88 bits per heavy atom. The van der Waals surface area contributed by atoms with E-state index in [2.05, 4.69) is 45.5 Å². The Morgan fingerprint density at radius 1 is 1.12 bits per heavy atom. The minimum atomic E-state index is -2.52. The number of thiazole rings is 1. The van der Waals surface area contributed by atoms with Crippen LogP contribution in [0.1, 0.15) is 63.0 Å². The molecule has 0 radical (unpaired) electrons. The van der Waals surface area contributed by atoms with Crippen molar-refractivity contribution in [2.75, 3.05) is 23.7 Å². The normalized spacial score (nSPS) is 25.8. The number of hydrogen-bond acceptors (Lipinski definition) is 8. The average Bonchev–Trinajstić information content (AvgIpc) is 3.91. The van der Waals surface area contributed by atoms with Gasteiger partial charge in [-0.15, -0.1) is 11.3 Å². The molecule has 8 nitrogen and oxygen atoms in total. The molecule has 220 valence electrons. The molecule has 1 saturated heterocycles. The van der Waals surface area contributed by atoms with E-state index >= 15 is 0 Å². The number of aromatic nitrogens is 2. The number of anilines is 1. The minimum Gasteiger partial charge on any atom is -0.368 e. The van der Waals surface area contributed by atoms with Crippen LogP contribution >= 0.6 is 33.5 Å². The Labute approximate surface area is 256 Å².